The molecule has 4 rings (SSSR count). The fourth-order valence-corrected chi connectivity index (χ4v) is 3.47. The van der Waals surface area contributed by atoms with Gasteiger partial charge in [-0.05, 0) is 39.7 Å². The van der Waals surface area contributed by atoms with Crippen LogP contribution in [0.4, 0.5) is 0 Å². The molecule has 1 N–H and O–H groups in total. The Morgan fingerprint density at radius 3 is 2.28 bits per heavy atom. The van der Waals surface area contributed by atoms with E-state index in [-0.39, 0.29) is 11.6 Å². The molecule has 1 amide bonds. The summed E-state index contributed by atoms with van der Waals surface area (Å²) in [6.45, 7) is -0.228. The fourth-order valence-electron chi connectivity index (χ4n) is 3.13. The molecule has 6 heteroatoms. The van der Waals surface area contributed by atoms with Crippen molar-refractivity contribution in [3.63, 3.8) is 0 Å². The van der Waals surface area contributed by atoms with Crippen molar-refractivity contribution in [3.8, 4) is 5.75 Å². The Kier molecular flexibility index (Phi) is 5.65. The maximum Gasteiger partial charge on any atom is 0.277 e. The van der Waals surface area contributed by atoms with E-state index in [9.17, 15) is 4.79 Å². The molecular formula is C23H16Cl2N2O2. The molecule has 0 aromatic heterocycles. The lowest BCUT2D eigenvalue weighted by Gasteiger charge is -2.09. The van der Waals surface area contributed by atoms with Crippen LogP contribution in [-0.4, -0.2) is 18.7 Å². The third-order valence-corrected chi connectivity index (χ3v) is 5.27. The molecule has 29 heavy (non-hydrogen) atoms. The van der Waals surface area contributed by atoms with Gasteiger partial charge in [-0.25, -0.2) is 5.43 Å². The van der Waals surface area contributed by atoms with E-state index in [2.05, 4.69) is 28.7 Å². The number of hydrazone groups is 1. The zero-order valence-electron chi connectivity index (χ0n) is 15.2. The molecule has 0 unspecified atom stereocenters. The quantitative estimate of drug-likeness (QED) is 0.250. The van der Waals surface area contributed by atoms with Crippen molar-refractivity contribution >= 4 is 56.9 Å². The topological polar surface area (TPSA) is 50.7 Å². The van der Waals surface area contributed by atoms with Gasteiger partial charge >= 0.3 is 0 Å². The van der Waals surface area contributed by atoms with E-state index in [4.69, 9.17) is 27.9 Å². The van der Waals surface area contributed by atoms with Gasteiger partial charge in [-0.2, -0.15) is 5.10 Å². The number of nitrogens with zero attached hydrogens (tertiary/aromatic N) is 1. The molecular weight excluding hydrogens is 407 g/mol. The van der Waals surface area contributed by atoms with E-state index in [1.807, 2.05) is 36.4 Å². The molecule has 0 aliphatic carbocycles. The largest absolute Gasteiger partial charge is 0.482 e. The summed E-state index contributed by atoms with van der Waals surface area (Å²) in [5.74, 6) is -0.0554. The van der Waals surface area contributed by atoms with Crippen LogP contribution in [-0.2, 0) is 4.79 Å². The van der Waals surface area contributed by atoms with Gasteiger partial charge in [0.25, 0.3) is 5.91 Å². The van der Waals surface area contributed by atoms with Gasteiger partial charge in [0.2, 0.25) is 0 Å². The first kappa shape index (κ1) is 19.2. The predicted molar refractivity (Wildman–Crippen MR) is 119 cm³/mol. The Labute approximate surface area is 177 Å². The summed E-state index contributed by atoms with van der Waals surface area (Å²) in [4.78, 5) is 12.1. The van der Waals surface area contributed by atoms with Gasteiger partial charge in [0.1, 0.15) is 10.8 Å². The number of nitrogens with one attached hydrogen (secondary N) is 1. The normalized spacial score (nSPS) is 11.2. The molecule has 4 nitrogen and oxygen atoms in total. The van der Waals surface area contributed by atoms with Crippen molar-refractivity contribution in [1.82, 2.24) is 5.43 Å². The summed E-state index contributed by atoms with van der Waals surface area (Å²) in [5, 5.41) is 9.11. The Morgan fingerprint density at radius 2 is 1.59 bits per heavy atom. The second-order valence-corrected chi connectivity index (χ2v) is 7.15. The Balaban J connectivity index is 1.52. The van der Waals surface area contributed by atoms with E-state index < -0.39 is 5.91 Å². The van der Waals surface area contributed by atoms with E-state index in [0.29, 0.717) is 10.8 Å². The van der Waals surface area contributed by atoms with Crippen molar-refractivity contribution in [1.29, 1.82) is 0 Å². The lowest BCUT2D eigenvalue weighted by Crippen LogP contribution is -2.24. The summed E-state index contributed by atoms with van der Waals surface area (Å²) in [5.41, 5.74) is 3.44. The second-order valence-electron chi connectivity index (χ2n) is 6.37. The van der Waals surface area contributed by atoms with Crippen LogP contribution in [0.15, 0.2) is 77.9 Å². The van der Waals surface area contributed by atoms with Crippen LogP contribution in [0.5, 0.6) is 5.75 Å². The van der Waals surface area contributed by atoms with Crippen molar-refractivity contribution in [2.24, 2.45) is 5.10 Å². The molecule has 0 aliphatic rings. The van der Waals surface area contributed by atoms with Gasteiger partial charge in [-0.1, -0.05) is 77.8 Å². The van der Waals surface area contributed by atoms with E-state index in [1.54, 1.807) is 24.4 Å². The average Bonchev–Trinajstić information content (AvgIpc) is 2.74. The molecule has 4 aromatic rings. The molecule has 0 bridgehead atoms. The van der Waals surface area contributed by atoms with Crippen molar-refractivity contribution < 1.29 is 9.53 Å². The number of carbonyl (C=O) groups excluding carboxylic acids is 1. The lowest BCUT2D eigenvalue weighted by molar-refractivity contribution is -0.123. The average molecular weight is 423 g/mol. The molecule has 144 valence electrons. The monoisotopic (exact) mass is 422 g/mol. The number of rotatable bonds is 5. The van der Waals surface area contributed by atoms with Crippen LogP contribution in [0.25, 0.3) is 21.5 Å². The van der Waals surface area contributed by atoms with Gasteiger partial charge in [0.05, 0.1) is 11.2 Å². The minimum atomic E-state index is -0.401. The third kappa shape index (κ3) is 4.19. The predicted octanol–water partition coefficient (Wildman–Crippen LogP) is 5.83. The number of hydrogen-bond donors (Lipinski definition) is 1. The van der Waals surface area contributed by atoms with E-state index in [0.717, 1.165) is 27.1 Å². The highest BCUT2D eigenvalue weighted by Crippen LogP contribution is 2.31. The van der Waals surface area contributed by atoms with Gasteiger partial charge < -0.3 is 4.74 Å². The number of amides is 1. The molecule has 0 fully saturated rings. The number of carbonyl (C=O) groups is 1. The minimum Gasteiger partial charge on any atom is -0.482 e. The van der Waals surface area contributed by atoms with Gasteiger partial charge in [-0.15, -0.1) is 0 Å². The zero-order valence-corrected chi connectivity index (χ0v) is 16.7. The summed E-state index contributed by atoms with van der Waals surface area (Å²) < 4.78 is 5.42. The first-order valence-corrected chi connectivity index (χ1v) is 9.68. The number of halogens is 2. The van der Waals surface area contributed by atoms with Crippen LogP contribution in [0.1, 0.15) is 5.56 Å². The maximum atomic E-state index is 12.1. The summed E-state index contributed by atoms with van der Waals surface area (Å²) >= 11 is 12.0. The van der Waals surface area contributed by atoms with E-state index >= 15 is 0 Å². The van der Waals surface area contributed by atoms with Gasteiger partial charge in [0, 0.05) is 5.56 Å². The third-order valence-electron chi connectivity index (χ3n) is 4.47. The van der Waals surface area contributed by atoms with Crippen LogP contribution in [0.2, 0.25) is 10.0 Å². The fraction of sp³-hybridized carbons (Fsp3) is 0.0435. The second kappa shape index (κ2) is 8.52. The van der Waals surface area contributed by atoms with Crippen LogP contribution in [0.3, 0.4) is 0 Å². The van der Waals surface area contributed by atoms with Gasteiger partial charge in [-0.3, -0.25) is 4.79 Å². The number of fused-ring (bicyclic) bond motifs is 2. The Morgan fingerprint density at radius 1 is 0.931 bits per heavy atom. The van der Waals surface area contributed by atoms with Crippen LogP contribution >= 0.6 is 23.2 Å². The highest BCUT2D eigenvalue weighted by atomic mass is 35.5. The molecule has 0 atom stereocenters. The number of hydrogen-bond acceptors (Lipinski definition) is 3. The molecule has 0 aliphatic heterocycles. The lowest BCUT2D eigenvalue weighted by atomic mass is 9.97. The summed E-state index contributed by atoms with van der Waals surface area (Å²) in [7, 11) is 0. The van der Waals surface area contributed by atoms with Crippen LogP contribution in [0, 0.1) is 0 Å². The smallest absolute Gasteiger partial charge is 0.277 e. The highest BCUT2D eigenvalue weighted by Gasteiger charge is 2.08. The zero-order chi connectivity index (χ0) is 20.2. The SMILES string of the molecule is O=C(COc1cccc(Cl)c1Cl)N/N=C\c1c2ccccc2cc2ccccc12. The molecule has 0 spiro atoms. The Hall–Kier alpha value is -3.08. The van der Waals surface area contributed by atoms with Gasteiger partial charge in [0.15, 0.2) is 6.61 Å². The molecule has 0 saturated heterocycles. The van der Waals surface area contributed by atoms with Crippen molar-refractivity contribution in [2.45, 2.75) is 0 Å². The van der Waals surface area contributed by atoms with Crippen LogP contribution < -0.4 is 10.2 Å². The first-order chi connectivity index (χ1) is 14.1. The molecule has 0 saturated carbocycles. The number of ether oxygens (including phenoxy) is 1. The molecule has 4 aromatic carbocycles. The standard InChI is InChI=1S/C23H16Cl2N2O2/c24-20-10-5-11-21(23(20)25)29-14-22(28)27-26-13-19-17-8-3-1-6-15(17)12-16-7-2-4-9-18(16)19/h1-13H,14H2,(H,27,28)/b26-13-. The van der Waals surface area contributed by atoms with Crippen molar-refractivity contribution in [3.05, 3.63) is 88.4 Å². The minimum absolute atomic E-state index is 0.228. The number of benzene rings is 4. The van der Waals surface area contributed by atoms with E-state index in [1.165, 1.54) is 0 Å². The summed E-state index contributed by atoms with van der Waals surface area (Å²) in [6, 6.07) is 23.3. The molecule has 0 radical (unpaired) electrons. The van der Waals surface area contributed by atoms with Crippen molar-refractivity contribution in [2.75, 3.05) is 6.61 Å². The maximum absolute atomic E-state index is 12.1. The Bertz CT molecular complexity index is 1180. The highest BCUT2D eigenvalue weighted by molar-refractivity contribution is 6.42. The molecule has 0 heterocycles. The first-order valence-electron chi connectivity index (χ1n) is 8.92. The summed E-state index contributed by atoms with van der Waals surface area (Å²) in [6.07, 6.45) is 1.66.